The van der Waals surface area contributed by atoms with Crippen LogP contribution in [0.25, 0.3) is 0 Å². The van der Waals surface area contributed by atoms with E-state index in [4.69, 9.17) is 33.7 Å². The largest absolute Gasteiger partial charge is 0.485 e. The lowest BCUT2D eigenvalue weighted by molar-refractivity contribution is 0.0953. The molecule has 2 aromatic heterocycles. The quantitative estimate of drug-likeness (QED) is 0.559. The standard InChI is InChI=1S/C18H17Cl2N5O2/c19-14-2-1-3-15(20)13(14)9-27-16-6-11(7-24-17(16)21)18(26)23-5-4-12-8-22-10-25-12/h1-3,6-8,10H,4-5,9H2,(H2,21,24)(H,22,25)(H,23,26). The van der Waals surface area contributed by atoms with Gasteiger partial charge in [-0.2, -0.15) is 0 Å². The van der Waals surface area contributed by atoms with Crippen LogP contribution in [-0.4, -0.2) is 27.4 Å². The molecule has 3 aromatic rings. The number of nitrogens with two attached hydrogens (primary N) is 1. The molecule has 0 atom stereocenters. The van der Waals surface area contributed by atoms with Gasteiger partial charge in [0.05, 0.1) is 17.6 Å². The van der Waals surface area contributed by atoms with Gasteiger partial charge in [-0.05, 0) is 18.2 Å². The maximum atomic E-state index is 12.3. The van der Waals surface area contributed by atoms with E-state index < -0.39 is 0 Å². The molecule has 3 rings (SSSR count). The number of ether oxygens (including phenoxy) is 1. The number of hydrogen-bond acceptors (Lipinski definition) is 5. The van der Waals surface area contributed by atoms with Gasteiger partial charge in [-0.3, -0.25) is 4.79 Å². The highest BCUT2D eigenvalue weighted by Gasteiger charge is 2.12. The third kappa shape index (κ3) is 4.90. The maximum Gasteiger partial charge on any atom is 0.252 e. The summed E-state index contributed by atoms with van der Waals surface area (Å²) in [5, 5.41) is 3.78. The number of rotatable bonds is 7. The van der Waals surface area contributed by atoms with Gasteiger partial charge in [0.25, 0.3) is 5.91 Å². The van der Waals surface area contributed by atoms with E-state index in [0.717, 1.165) is 5.69 Å². The number of anilines is 1. The number of nitrogens with one attached hydrogen (secondary N) is 2. The number of nitrogen functional groups attached to an aromatic ring is 1. The third-order valence-electron chi connectivity index (χ3n) is 3.80. The summed E-state index contributed by atoms with van der Waals surface area (Å²) < 4.78 is 5.69. The second-order valence-corrected chi connectivity index (χ2v) is 6.48. The van der Waals surface area contributed by atoms with Gasteiger partial charge < -0.3 is 20.8 Å². The molecule has 4 N–H and O–H groups in total. The highest BCUT2D eigenvalue weighted by Crippen LogP contribution is 2.27. The lowest BCUT2D eigenvalue weighted by Crippen LogP contribution is -2.26. The fourth-order valence-corrected chi connectivity index (χ4v) is 2.86. The molecule has 0 radical (unpaired) electrons. The molecule has 0 spiro atoms. The number of carbonyl (C=O) groups excluding carboxylic acids is 1. The molecule has 0 aliphatic rings. The van der Waals surface area contributed by atoms with Crippen LogP contribution in [0.4, 0.5) is 5.82 Å². The first-order valence-corrected chi connectivity index (χ1v) is 8.87. The van der Waals surface area contributed by atoms with Crippen molar-refractivity contribution in [1.29, 1.82) is 0 Å². The minimum Gasteiger partial charge on any atom is -0.485 e. The van der Waals surface area contributed by atoms with Gasteiger partial charge in [0.15, 0.2) is 11.6 Å². The van der Waals surface area contributed by atoms with E-state index in [9.17, 15) is 4.79 Å². The molecule has 7 nitrogen and oxygen atoms in total. The predicted octanol–water partition coefficient (Wildman–Crippen LogP) is 3.25. The first-order valence-electron chi connectivity index (χ1n) is 8.11. The number of aromatic amines is 1. The first-order chi connectivity index (χ1) is 13.0. The van der Waals surface area contributed by atoms with Crippen LogP contribution in [0.5, 0.6) is 5.75 Å². The van der Waals surface area contributed by atoms with Crippen molar-refractivity contribution in [3.8, 4) is 5.75 Å². The van der Waals surface area contributed by atoms with Crippen molar-refractivity contribution in [3.63, 3.8) is 0 Å². The number of H-pyrrole nitrogens is 1. The molecule has 0 fully saturated rings. The number of halogens is 2. The molecular weight excluding hydrogens is 389 g/mol. The molecule has 1 amide bonds. The Bertz CT molecular complexity index is 911. The molecule has 0 unspecified atom stereocenters. The Labute approximate surface area is 165 Å². The Morgan fingerprint density at radius 3 is 2.74 bits per heavy atom. The zero-order valence-corrected chi connectivity index (χ0v) is 15.7. The van der Waals surface area contributed by atoms with E-state index in [1.165, 1.54) is 12.3 Å². The Hall–Kier alpha value is -2.77. The van der Waals surface area contributed by atoms with Crippen molar-refractivity contribution in [2.24, 2.45) is 0 Å². The van der Waals surface area contributed by atoms with Crippen LogP contribution in [-0.2, 0) is 13.0 Å². The van der Waals surface area contributed by atoms with Gasteiger partial charge in [0, 0.05) is 41.0 Å². The van der Waals surface area contributed by atoms with E-state index in [0.29, 0.717) is 34.1 Å². The van der Waals surface area contributed by atoms with Crippen LogP contribution in [0.1, 0.15) is 21.6 Å². The second kappa shape index (κ2) is 8.75. The molecule has 0 saturated heterocycles. The summed E-state index contributed by atoms with van der Waals surface area (Å²) in [5.74, 6) is 0.177. The summed E-state index contributed by atoms with van der Waals surface area (Å²) in [6.07, 6.45) is 5.39. The zero-order valence-electron chi connectivity index (χ0n) is 14.2. The summed E-state index contributed by atoms with van der Waals surface area (Å²) in [6, 6.07) is 6.73. The fraction of sp³-hybridized carbons (Fsp3) is 0.167. The topological polar surface area (TPSA) is 106 Å². The second-order valence-electron chi connectivity index (χ2n) is 5.66. The van der Waals surface area contributed by atoms with Crippen molar-refractivity contribution < 1.29 is 9.53 Å². The first kappa shape index (κ1) is 19.0. The molecule has 2 heterocycles. The third-order valence-corrected chi connectivity index (χ3v) is 4.51. The zero-order chi connectivity index (χ0) is 19.2. The summed E-state index contributed by atoms with van der Waals surface area (Å²) in [5.41, 5.74) is 7.69. The van der Waals surface area contributed by atoms with E-state index >= 15 is 0 Å². The van der Waals surface area contributed by atoms with Crippen LogP contribution >= 0.6 is 23.2 Å². The Morgan fingerprint density at radius 2 is 2.04 bits per heavy atom. The molecule has 9 heteroatoms. The monoisotopic (exact) mass is 405 g/mol. The number of nitrogens with zero attached hydrogens (tertiary/aromatic N) is 2. The van der Waals surface area contributed by atoms with Crippen LogP contribution in [0.3, 0.4) is 0 Å². The number of pyridine rings is 1. The highest BCUT2D eigenvalue weighted by atomic mass is 35.5. The molecule has 1 aromatic carbocycles. The van der Waals surface area contributed by atoms with Crippen molar-refractivity contribution in [1.82, 2.24) is 20.3 Å². The van der Waals surface area contributed by atoms with Gasteiger partial charge in [0.1, 0.15) is 6.61 Å². The average Bonchev–Trinajstić information content (AvgIpc) is 3.16. The lowest BCUT2D eigenvalue weighted by Gasteiger charge is -2.12. The van der Waals surface area contributed by atoms with Crippen LogP contribution in [0.2, 0.25) is 10.0 Å². The van der Waals surface area contributed by atoms with E-state index in [1.54, 1.807) is 30.7 Å². The van der Waals surface area contributed by atoms with Gasteiger partial charge in [-0.1, -0.05) is 29.3 Å². The summed E-state index contributed by atoms with van der Waals surface area (Å²) in [6.45, 7) is 0.550. The number of benzene rings is 1. The summed E-state index contributed by atoms with van der Waals surface area (Å²) >= 11 is 12.3. The Morgan fingerprint density at radius 1 is 1.26 bits per heavy atom. The highest BCUT2D eigenvalue weighted by molar-refractivity contribution is 6.35. The molecule has 140 valence electrons. The smallest absolute Gasteiger partial charge is 0.252 e. The average molecular weight is 406 g/mol. The van der Waals surface area contributed by atoms with Gasteiger partial charge in [-0.15, -0.1) is 0 Å². The van der Waals surface area contributed by atoms with Crippen LogP contribution < -0.4 is 15.8 Å². The van der Waals surface area contributed by atoms with E-state index in [-0.39, 0.29) is 24.1 Å². The minimum atomic E-state index is -0.279. The van der Waals surface area contributed by atoms with Crippen molar-refractivity contribution >= 4 is 34.9 Å². The molecule has 27 heavy (non-hydrogen) atoms. The predicted molar refractivity (Wildman–Crippen MR) is 104 cm³/mol. The maximum absolute atomic E-state index is 12.3. The SMILES string of the molecule is Nc1ncc(C(=O)NCCc2c[nH]cn2)cc1OCc1c(Cl)cccc1Cl. The Kier molecular flexibility index (Phi) is 6.16. The summed E-state index contributed by atoms with van der Waals surface area (Å²) in [4.78, 5) is 23.3. The number of amides is 1. The van der Waals surface area contributed by atoms with Gasteiger partial charge >= 0.3 is 0 Å². The van der Waals surface area contributed by atoms with Crippen molar-refractivity contribution in [2.75, 3.05) is 12.3 Å². The fourth-order valence-electron chi connectivity index (χ4n) is 2.35. The molecule has 0 aliphatic carbocycles. The molecule has 0 bridgehead atoms. The lowest BCUT2D eigenvalue weighted by atomic mass is 10.2. The van der Waals surface area contributed by atoms with E-state index in [2.05, 4.69) is 20.3 Å². The van der Waals surface area contributed by atoms with Crippen LogP contribution in [0, 0.1) is 0 Å². The molecule has 0 aliphatic heterocycles. The van der Waals surface area contributed by atoms with Crippen LogP contribution in [0.15, 0.2) is 43.0 Å². The Balaban J connectivity index is 1.64. The van der Waals surface area contributed by atoms with Gasteiger partial charge in [0.2, 0.25) is 0 Å². The van der Waals surface area contributed by atoms with Crippen molar-refractivity contribution in [2.45, 2.75) is 13.0 Å². The molecule has 0 saturated carbocycles. The molecular formula is C18H17Cl2N5O2. The number of imidazole rings is 1. The van der Waals surface area contributed by atoms with Gasteiger partial charge in [-0.25, -0.2) is 9.97 Å². The number of hydrogen-bond donors (Lipinski definition) is 3. The normalized spacial score (nSPS) is 10.6. The number of carbonyl (C=O) groups is 1. The van der Waals surface area contributed by atoms with E-state index in [1.807, 2.05) is 0 Å². The van der Waals surface area contributed by atoms with Crippen molar-refractivity contribution in [3.05, 3.63) is 69.9 Å². The number of aromatic nitrogens is 3. The summed E-state index contributed by atoms with van der Waals surface area (Å²) in [7, 11) is 0. The minimum absolute atomic E-state index is 0.106.